The zero-order valence-electron chi connectivity index (χ0n) is 15.4. The molecule has 0 radical (unpaired) electrons. The summed E-state index contributed by atoms with van der Waals surface area (Å²) in [5, 5.41) is 10.9. The van der Waals surface area contributed by atoms with Gasteiger partial charge in [0.1, 0.15) is 18.2 Å². The second kappa shape index (κ2) is 7.72. The summed E-state index contributed by atoms with van der Waals surface area (Å²) in [6.07, 6.45) is 5.00. The maximum atomic E-state index is 13.1. The molecule has 8 nitrogen and oxygen atoms in total. The van der Waals surface area contributed by atoms with E-state index < -0.39 is 6.04 Å². The van der Waals surface area contributed by atoms with Crippen LogP contribution in [0.15, 0.2) is 29.1 Å². The van der Waals surface area contributed by atoms with Crippen molar-refractivity contribution in [2.24, 2.45) is 13.0 Å². The molecule has 2 atom stereocenters. The van der Waals surface area contributed by atoms with Crippen LogP contribution in [0.1, 0.15) is 49.0 Å². The van der Waals surface area contributed by atoms with E-state index in [4.69, 9.17) is 4.42 Å². The number of carbonyl (C=O) groups is 2. The number of amides is 2. The van der Waals surface area contributed by atoms with Crippen molar-refractivity contribution in [3.05, 3.63) is 36.3 Å². The average molecular weight is 359 g/mol. The Morgan fingerprint density at radius 1 is 1.38 bits per heavy atom. The molecule has 1 aliphatic rings. The number of likely N-dealkylation sites (tertiary alicyclic amines) is 1. The van der Waals surface area contributed by atoms with Crippen LogP contribution in [0.25, 0.3) is 0 Å². The molecule has 0 spiro atoms. The van der Waals surface area contributed by atoms with Gasteiger partial charge in [-0.15, -0.1) is 10.2 Å². The first-order valence-corrected chi connectivity index (χ1v) is 8.94. The van der Waals surface area contributed by atoms with Crippen molar-refractivity contribution in [3.8, 4) is 0 Å². The van der Waals surface area contributed by atoms with Gasteiger partial charge in [-0.1, -0.05) is 13.8 Å². The fourth-order valence-corrected chi connectivity index (χ4v) is 3.38. The lowest BCUT2D eigenvalue weighted by molar-refractivity contribution is -0.135. The molecule has 1 fully saturated rings. The minimum absolute atomic E-state index is 0.0309. The van der Waals surface area contributed by atoms with Crippen molar-refractivity contribution >= 4 is 11.8 Å². The molecule has 1 aliphatic heterocycles. The topological polar surface area (TPSA) is 93.3 Å². The van der Waals surface area contributed by atoms with E-state index in [1.807, 2.05) is 30.4 Å². The highest BCUT2D eigenvalue weighted by Gasteiger charge is 2.33. The summed E-state index contributed by atoms with van der Waals surface area (Å²) in [7, 11) is 1.91. The SMILES string of the molecule is CC(C)[C@@H](NC(=O)c1ccco1)C(=O)N1CCC[C@@H](c2nncn2C)C1. The number of aryl methyl sites for hydroxylation is 1. The first-order valence-electron chi connectivity index (χ1n) is 8.94. The molecule has 2 aromatic rings. The van der Waals surface area contributed by atoms with Crippen LogP contribution in [0.4, 0.5) is 0 Å². The van der Waals surface area contributed by atoms with E-state index in [2.05, 4.69) is 15.5 Å². The number of furan rings is 1. The number of rotatable bonds is 5. The van der Waals surface area contributed by atoms with Gasteiger partial charge in [-0.3, -0.25) is 9.59 Å². The number of hydrogen-bond acceptors (Lipinski definition) is 5. The van der Waals surface area contributed by atoms with Crippen LogP contribution in [0, 0.1) is 5.92 Å². The van der Waals surface area contributed by atoms with E-state index >= 15 is 0 Å². The number of carbonyl (C=O) groups excluding carboxylic acids is 2. The van der Waals surface area contributed by atoms with Gasteiger partial charge in [-0.25, -0.2) is 0 Å². The number of hydrogen-bond donors (Lipinski definition) is 1. The van der Waals surface area contributed by atoms with Crippen molar-refractivity contribution in [1.29, 1.82) is 0 Å². The lowest BCUT2D eigenvalue weighted by Gasteiger charge is -2.35. The molecule has 0 unspecified atom stereocenters. The van der Waals surface area contributed by atoms with Gasteiger partial charge < -0.3 is 19.2 Å². The van der Waals surface area contributed by atoms with Gasteiger partial charge >= 0.3 is 0 Å². The van der Waals surface area contributed by atoms with Gasteiger partial charge in [0, 0.05) is 26.1 Å². The first kappa shape index (κ1) is 18.2. The normalized spacial score (nSPS) is 18.8. The minimum Gasteiger partial charge on any atom is -0.459 e. The molecule has 0 bridgehead atoms. The number of nitrogens with zero attached hydrogens (tertiary/aromatic N) is 4. The van der Waals surface area contributed by atoms with E-state index in [-0.39, 0.29) is 29.4 Å². The summed E-state index contributed by atoms with van der Waals surface area (Å²) in [5.41, 5.74) is 0. The van der Waals surface area contributed by atoms with Crippen molar-refractivity contribution in [1.82, 2.24) is 25.0 Å². The van der Waals surface area contributed by atoms with Crippen LogP contribution in [0.3, 0.4) is 0 Å². The van der Waals surface area contributed by atoms with Crippen LogP contribution in [-0.4, -0.2) is 50.6 Å². The molecule has 140 valence electrons. The molecule has 1 N–H and O–H groups in total. The van der Waals surface area contributed by atoms with Crippen molar-refractivity contribution in [2.75, 3.05) is 13.1 Å². The van der Waals surface area contributed by atoms with Gasteiger partial charge in [0.05, 0.1) is 6.26 Å². The summed E-state index contributed by atoms with van der Waals surface area (Å²) in [4.78, 5) is 27.2. The van der Waals surface area contributed by atoms with E-state index in [0.717, 1.165) is 18.7 Å². The summed E-state index contributed by atoms with van der Waals surface area (Å²) in [6.45, 7) is 5.13. The third-order valence-corrected chi connectivity index (χ3v) is 4.81. The van der Waals surface area contributed by atoms with Gasteiger partial charge in [-0.2, -0.15) is 0 Å². The van der Waals surface area contributed by atoms with E-state index in [0.29, 0.717) is 13.1 Å². The predicted molar refractivity (Wildman–Crippen MR) is 94.4 cm³/mol. The molecule has 0 saturated carbocycles. The first-order chi connectivity index (χ1) is 12.5. The highest BCUT2D eigenvalue weighted by Crippen LogP contribution is 2.26. The van der Waals surface area contributed by atoms with E-state index in [1.54, 1.807) is 18.5 Å². The number of nitrogens with one attached hydrogen (secondary N) is 1. The fraction of sp³-hybridized carbons (Fsp3) is 0.556. The standard InChI is InChI=1S/C18H25N5O3/c1-12(2)15(20-17(24)14-7-5-9-26-14)18(25)23-8-4-6-13(10-23)16-21-19-11-22(16)3/h5,7,9,11-13,15H,4,6,8,10H2,1-3H3,(H,20,24)/t13-,15-/m1/s1. The summed E-state index contributed by atoms with van der Waals surface area (Å²) in [5.74, 6) is 0.795. The molecule has 8 heteroatoms. The van der Waals surface area contributed by atoms with Crippen molar-refractivity contribution < 1.29 is 14.0 Å². The Kier molecular flexibility index (Phi) is 5.39. The Hall–Kier alpha value is -2.64. The van der Waals surface area contributed by atoms with Crippen LogP contribution >= 0.6 is 0 Å². The van der Waals surface area contributed by atoms with Crippen molar-refractivity contribution in [2.45, 2.75) is 38.6 Å². The Labute approximate surface area is 152 Å². The lowest BCUT2D eigenvalue weighted by Crippen LogP contribution is -2.53. The third-order valence-electron chi connectivity index (χ3n) is 4.81. The van der Waals surface area contributed by atoms with E-state index in [9.17, 15) is 9.59 Å². The van der Waals surface area contributed by atoms with Gasteiger partial charge in [0.15, 0.2) is 5.76 Å². The van der Waals surface area contributed by atoms with E-state index in [1.165, 1.54) is 6.26 Å². The zero-order valence-corrected chi connectivity index (χ0v) is 15.4. The Morgan fingerprint density at radius 2 is 2.19 bits per heavy atom. The number of aromatic nitrogens is 3. The van der Waals surface area contributed by atoms with Gasteiger partial charge in [0.25, 0.3) is 5.91 Å². The van der Waals surface area contributed by atoms with Crippen LogP contribution in [0.2, 0.25) is 0 Å². The summed E-state index contributed by atoms with van der Waals surface area (Å²) >= 11 is 0. The summed E-state index contributed by atoms with van der Waals surface area (Å²) in [6, 6.07) is 2.64. The highest BCUT2D eigenvalue weighted by atomic mass is 16.3. The smallest absolute Gasteiger partial charge is 0.287 e. The minimum atomic E-state index is -0.592. The van der Waals surface area contributed by atoms with Gasteiger partial charge in [0.2, 0.25) is 5.91 Å². The van der Waals surface area contributed by atoms with Crippen LogP contribution < -0.4 is 5.32 Å². The quantitative estimate of drug-likeness (QED) is 0.875. The largest absolute Gasteiger partial charge is 0.459 e. The molecule has 1 saturated heterocycles. The highest BCUT2D eigenvalue weighted by molar-refractivity contribution is 5.95. The van der Waals surface area contributed by atoms with Gasteiger partial charge in [-0.05, 0) is 30.9 Å². The second-order valence-corrected chi connectivity index (χ2v) is 7.10. The molecule has 2 aromatic heterocycles. The summed E-state index contributed by atoms with van der Waals surface area (Å²) < 4.78 is 7.03. The fourth-order valence-electron chi connectivity index (χ4n) is 3.38. The second-order valence-electron chi connectivity index (χ2n) is 7.10. The molecule has 0 aromatic carbocycles. The maximum absolute atomic E-state index is 13.1. The molecule has 0 aliphatic carbocycles. The van der Waals surface area contributed by atoms with Crippen LogP contribution in [0.5, 0.6) is 0 Å². The Morgan fingerprint density at radius 3 is 2.81 bits per heavy atom. The third kappa shape index (κ3) is 3.79. The Balaban J connectivity index is 1.70. The molecule has 26 heavy (non-hydrogen) atoms. The molecule has 2 amide bonds. The molecular formula is C18H25N5O3. The molecule has 3 heterocycles. The number of piperidine rings is 1. The lowest BCUT2D eigenvalue weighted by atomic mass is 9.95. The zero-order chi connectivity index (χ0) is 18.7. The predicted octanol–water partition coefficient (Wildman–Crippen LogP) is 1.57. The molecule has 3 rings (SSSR count). The Bertz CT molecular complexity index is 753. The monoisotopic (exact) mass is 359 g/mol. The average Bonchev–Trinajstić information content (AvgIpc) is 3.30. The van der Waals surface area contributed by atoms with Crippen molar-refractivity contribution in [3.63, 3.8) is 0 Å². The maximum Gasteiger partial charge on any atom is 0.287 e. The molecular weight excluding hydrogens is 334 g/mol. The van der Waals surface area contributed by atoms with Crippen LogP contribution in [-0.2, 0) is 11.8 Å².